The fourth-order valence-corrected chi connectivity index (χ4v) is 3.96. The summed E-state index contributed by atoms with van der Waals surface area (Å²) in [6.45, 7) is 1.97. The first-order valence-electron chi connectivity index (χ1n) is 9.31. The minimum atomic E-state index is -0.421. The van der Waals surface area contributed by atoms with Crippen molar-refractivity contribution in [2.75, 3.05) is 17.7 Å². The third kappa shape index (κ3) is 4.04. The molecule has 0 saturated heterocycles. The second kappa shape index (κ2) is 8.38. The Bertz CT molecular complexity index is 1230. The Labute approximate surface area is 177 Å². The van der Waals surface area contributed by atoms with Crippen LogP contribution in [0, 0.1) is 6.92 Å². The summed E-state index contributed by atoms with van der Waals surface area (Å²) in [5, 5.41) is 12.6. The van der Waals surface area contributed by atoms with Gasteiger partial charge in [-0.15, -0.1) is 16.4 Å². The van der Waals surface area contributed by atoms with Crippen LogP contribution in [0.15, 0.2) is 60.0 Å². The van der Waals surface area contributed by atoms with Crippen molar-refractivity contribution in [1.29, 1.82) is 0 Å². The lowest BCUT2D eigenvalue weighted by atomic mass is 10.1. The molecule has 152 valence electrons. The van der Waals surface area contributed by atoms with E-state index in [1.54, 1.807) is 31.4 Å². The first-order chi connectivity index (χ1) is 14.5. The van der Waals surface area contributed by atoms with Gasteiger partial charge in [-0.2, -0.15) is 4.68 Å². The fourth-order valence-electron chi connectivity index (χ4n) is 3.11. The van der Waals surface area contributed by atoms with Crippen LogP contribution < -0.4 is 15.4 Å². The lowest BCUT2D eigenvalue weighted by Gasteiger charge is -2.07. The van der Waals surface area contributed by atoms with Gasteiger partial charge < -0.3 is 15.4 Å². The van der Waals surface area contributed by atoms with Crippen molar-refractivity contribution in [3.05, 3.63) is 71.1 Å². The number of fused-ring (bicyclic) bond motifs is 1. The van der Waals surface area contributed by atoms with Crippen LogP contribution in [0.2, 0.25) is 0 Å². The Morgan fingerprint density at radius 1 is 1.10 bits per heavy atom. The van der Waals surface area contributed by atoms with Crippen LogP contribution in [0.4, 0.5) is 16.3 Å². The summed E-state index contributed by atoms with van der Waals surface area (Å²) in [6, 6.07) is 16.2. The predicted molar refractivity (Wildman–Crippen MR) is 119 cm³/mol. The molecule has 2 aromatic carbocycles. The van der Waals surface area contributed by atoms with Gasteiger partial charge in [-0.05, 0) is 41.6 Å². The Balaban J connectivity index is 1.55. The van der Waals surface area contributed by atoms with Crippen LogP contribution >= 0.6 is 11.3 Å². The molecular weight excluding hydrogens is 400 g/mol. The highest BCUT2D eigenvalue weighted by atomic mass is 32.1. The molecule has 0 saturated carbocycles. The number of aromatic nitrogens is 2. The summed E-state index contributed by atoms with van der Waals surface area (Å²) < 4.78 is 6.45. The second-order valence-electron chi connectivity index (χ2n) is 6.71. The number of hydrogen-bond donors (Lipinski definition) is 2. The lowest BCUT2D eigenvalue weighted by Crippen LogP contribution is -2.21. The number of benzene rings is 2. The molecular formula is C22H20N4O3S. The molecule has 0 radical (unpaired) electrons. The van der Waals surface area contributed by atoms with E-state index in [0.717, 1.165) is 16.5 Å². The molecule has 2 amide bonds. The third-order valence-electron chi connectivity index (χ3n) is 4.68. The van der Waals surface area contributed by atoms with Crippen LogP contribution in [-0.4, -0.2) is 28.8 Å². The molecule has 4 rings (SSSR count). The van der Waals surface area contributed by atoms with Gasteiger partial charge >= 0.3 is 6.03 Å². The molecule has 0 aliphatic heterocycles. The number of methoxy groups -OCH3 is 1. The maximum absolute atomic E-state index is 12.8. The van der Waals surface area contributed by atoms with Gasteiger partial charge in [0.05, 0.1) is 18.9 Å². The number of ether oxygens (including phenoxy) is 1. The van der Waals surface area contributed by atoms with Crippen LogP contribution in [0.1, 0.15) is 11.1 Å². The zero-order chi connectivity index (χ0) is 21.1. The van der Waals surface area contributed by atoms with Crippen molar-refractivity contribution < 1.29 is 14.3 Å². The number of amides is 2. The minimum absolute atomic E-state index is 0.185. The van der Waals surface area contributed by atoms with Gasteiger partial charge in [0.15, 0.2) is 5.82 Å². The molecule has 0 spiro atoms. The van der Waals surface area contributed by atoms with Crippen molar-refractivity contribution >= 4 is 45.0 Å². The summed E-state index contributed by atoms with van der Waals surface area (Å²) in [5.74, 6) is 0.819. The van der Waals surface area contributed by atoms with Crippen molar-refractivity contribution in [3.8, 4) is 5.75 Å². The molecule has 2 aromatic heterocycles. The second-order valence-corrected chi connectivity index (χ2v) is 7.61. The van der Waals surface area contributed by atoms with Gasteiger partial charge in [0.25, 0.3) is 0 Å². The highest BCUT2D eigenvalue weighted by Crippen LogP contribution is 2.28. The molecule has 0 bridgehead atoms. The smallest absolute Gasteiger partial charge is 0.347 e. The van der Waals surface area contributed by atoms with Crippen LogP contribution in [0.25, 0.3) is 10.2 Å². The molecule has 30 heavy (non-hydrogen) atoms. The zero-order valence-electron chi connectivity index (χ0n) is 16.5. The Kier molecular flexibility index (Phi) is 5.49. The number of anilines is 2. The van der Waals surface area contributed by atoms with Crippen molar-refractivity contribution in [2.45, 2.75) is 13.3 Å². The molecule has 0 atom stereocenters. The van der Waals surface area contributed by atoms with Gasteiger partial charge in [-0.25, -0.2) is 4.79 Å². The minimum Gasteiger partial charge on any atom is -0.497 e. The SMILES string of the molecule is COc1cccc(NC(=O)n2nc(NC(=O)Cc3ccccc3C)c3ccsc32)c1. The number of nitrogens with zero attached hydrogens (tertiary/aromatic N) is 2. The molecule has 8 heteroatoms. The van der Waals surface area contributed by atoms with Crippen LogP contribution in [0.3, 0.4) is 0 Å². The molecule has 7 nitrogen and oxygen atoms in total. The maximum atomic E-state index is 12.8. The maximum Gasteiger partial charge on any atom is 0.347 e. The number of rotatable bonds is 5. The average molecular weight is 420 g/mol. The van der Waals surface area contributed by atoms with E-state index in [9.17, 15) is 9.59 Å². The number of aryl methyl sites for hydroxylation is 1. The normalized spacial score (nSPS) is 10.7. The Morgan fingerprint density at radius 3 is 2.73 bits per heavy atom. The van der Waals surface area contributed by atoms with Gasteiger partial charge in [0.2, 0.25) is 5.91 Å². The zero-order valence-corrected chi connectivity index (χ0v) is 17.3. The fraction of sp³-hybridized carbons (Fsp3) is 0.136. The summed E-state index contributed by atoms with van der Waals surface area (Å²) in [7, 11) is 1.56. The van der Waals surface area contributed by atoms with E-state index in [1.807, 2.05) is 42.6 Å². The first kappa shape index (κ1) is 19.7. The highest BCUT2D eigenvalue weighted by molar-refractivity contribution is 7.17. The standard InChI is InChI=1S/C22H20N4O3S/c1-14-6-3-4-7-15(14)12-19(27)24-20-18-10-11-30-21(18)26(25-20)22(28)23-16-8-5-9-17(13-16)29-2/h3-11,13H,12H2,1-2H3,(H,23,28)(H,24,25,27). The van der Waals surface area contributed by atoms with E-state index in [-0.39, 0.29) is 12.3 Å². The molecule has 0 fully saturated rings. The quantitative estimate of drug-likeness (QED) is 0.491. The number of carbonyl (C=O) groups excluding carboxylic acids is 2. The molecule has 2 N–H and O–H groups in total. The number of nitrogens with one attached hydrogen (secondary N) is 2. The largest absolute Gasteiger partial charge is 0.497 e. The van der Waals surface area contributed by atoms with Gasteiger partial charge in [-0.3, -0.25) is 4.79 Å². The summed E-state index contributed by atoms with van der Waals surface area (Å²) >= 11 is 1.38. The molecule has 0 unspecified atom stereocenters. The highest BCUT2D eigenvalue weighted by Gasteiger charge is 2.19. The predicted octanol–water partition coefficient (Wildman–Crippen LogP) is 4.68. The molecule has 0 aliphatic rings. The average Bonchev–Trinajstić information content (AvgIpc) is 3.34. The van der Waals surface area contributed by atoms with Crippen molar-refractivity contribution in [2.24, 2.45) is 0 Å². The number of carbonyl (C=O) groups is 2. The molecule has 0 aliphatic carbocycles. The summed E-state index contributed by atoms with van der Waals surface area (Å²) in [6.07, 6.45) is 0.237. The van der Waals surface area contributed by atoms with E-state index in [2.05, 4.69) is 15.7 Å². The van der Waals surface area contributed by atoms with Crippen LogP contribution in [0.5, 0.6) is 5.75 Å². The van der Waals surface area contributed by atoms with Crippen LogP contribution in [-0.2, 0) is 11.2 Å². The third-order valence-corrected chi connectivity index (χ3v) is 5.56. The number of hydrogen-bond acceptors (Lipinski definition) is 5. The van der Waals surface area contributed by atoms with Crippen molar-refractivity contribution in [3.63, 3.8) is 0 Å². The van der Waals surface area contributed by atoms with Gasteiger partial charge in [0.1, 0.15) is 10.6 Å². The van der Waals surface area contributed by atoms with E-state index >= 15 is 0 Å². The van der Waals surface area contributed by atoms with E-state index in [0.29, 0.717) is 22.1 Å². The van der Waals surface area contributed by atoms with Crippen molar-refractivity contribution in [1.82, 2.24) is 9.78 Å². The molecule has 4 aromatic rings. The van der Waals surface area contributed by atoms with E-state index < -0.39 is 6.03 Å². The first-order valence-corrected chi connectivity index (χ1v) is 10.2. The summed E-state index contributed by atoms with van der Waals surface area (Å²) in [5.41, 5.74) is 2.59. The molecule has 2 heterocycles. The van der Waals surface area contributed by atoms with E-state index in [1.165, 1.54) is 16.0 Å². The van der Waals surface area contributed by atoms with Gasteiger partial charge in [-0.1, -0.05) is 30.3 Å². The Morgan fingerprint density at radius 2 is 1.93 bits per heavy atom. The monoisotopic (exact) mass is 420 g/mol. The Hall–Kier alpha value is -3.65. The topological polar surface area (TPSA) is 85.2 Å². The lowest BCUT2D eigenvalue weighted by molar-refractivity contribution is -0.115. The summed E-state index contributed by atoms with van der Waals surface area (Å²) in [4.78, 5) is 26.0. The number of thiophene rings is 1. The van der Waals surface area contributed by atoms with Gasteiger partial charge in [0, 0.05) is 11.8 Å². The van der Waals surface area contributed by atoms with E-state index in [4.69, 9.17) is 4.74 Å².